The van der Waals surface area contributed by atoms with Crippen LogP contribution in [0.25, 0.3) is 0 Å². The normalized spacial score (nSPS) is 12.9. The number of anilines is 1. The van der Waals surface area contributed by atoms with Crippen LogP contribution in [-0.2, 0) is 9.53 Å². The quantitative estimate of drug-likeness (QED) is 0.314. The number of esters is 1. The summed E-state index contributed by atoms with van der Waals surface area (Å²) in [6.45, 7) is 5.95. The first kappa shape index (κ1) is 19.7. The fourth-order valence-electron chi connectivity index (χ4n) is 2.61. The van der Waals surface area contributed by atoms with Gasteiger partial charge in [-0.05, 0) is 25.1 Å². The van der Waals surface area contributed by atoms with Gasteiger partial charge in [0.15, 0.2) is 17.5 Å². The van der Waals surface area contributed by atoms with Crippen molar-refractivity contribution in [1.82, 2.24) is 9.97 Å². The van der Waals surface area contributed by atoms with Crippen molar-refractivity contribution in [2.24, 2.45) is 0 Å². The maximum absolute atomic E-state index is 12.6. The molecule has 0 fully saturated rings. The minimum absolute atomic E-state index is 0.0364. The Hall–Kier alpha value is -3.07. The molecule has 0 saturated carbocycles. The molecule has 0 radical (unpaired) electrons. The zero-order chi connectivity index (χ0) is 20.1. The van der Waals surface area contributed by atoms with Gasteiger partial charge in [-0.15, -0.1) is 6.58 Å². The molecule has 1 aliphatic rings. The van der Waals surface area contributed by atoms with E-state index < -0.39 is 5.97 Å². The van der Waals surface area contributed by atoms with Crippen molar-refractivity contribution in [3.8, 4) is 5.75 Å². The van der Waals surface area contributed by atoms with Gasteiger partial charge in [0, 0.05) is 12.1 Å². The van der Waals surface area contributed by atoms with Gasteiger partial charge in [0.25, 0.3) is 5.91 Å². The Morgan fingerprint density at radius 3 is 3.04 bits per heavy atom. The van der Waals surface area contributed by atoms with Crippen molar-refractivity contribution in [2.75, 3.05) is 30.4 Å². The van der Waals surface area contributed by atoms with E-state index in [0.717, 1.165) is 0 Å². The Morgan fingerprint density at radius 2 is 2.29 bits per heavy atom. The van der Waals surface area contributed by atoms with Crippen molar-refractivity contribution in [2.45, 2.75) is 12.1 Å². The second-order valence-corrected chi connectivity index (χ2v) is 6.76. The highest BCUT2D eigenvalue weighted by Gasteiger charge is 2.25. The van der Waals surface area contributed by atoms with Gasteiger partial charge < -0.3 is 19.4 Å². The van der Waals surface area contributed by atoms with Crippen molar-refractivity contribution in [3.05, 3.63) is 48.3 Å². The number of ketones is 1. The molecule has 8 nitrogen and oxygen atoms in total. The summed E-state index contributed by atoms with van der Waals surface area (Å²) < 4.78 is 10.3. The molecule has 1 N–H and O–H groups in total. The van der Waals surface area contributed by atoms with Crippen LogP contribution in [0.3, 0.4) is 0 Å². The minimum atomic E-state index is -0.491. The summed E-state index contributed by atoms with van der Waals surface area (Å²) in [5.74, 6) is -0.150. The highest BCUT2D eigenvalue weighted by molar-refractivity contribution is 7.99. The van der Waals surface area contributed by atoms with E-state index in [1.165, 1.54) is 22.9 Å². The summed E-state index contributed by atoms with van der Waals surface area (Å²) >= 11 is 1.18. The molecule has 3 rings (SSSR count). The van der Waals surface area contributed by atoms with Crippen LogP contribution in [0.5, 0.6) is 5.75 Å². The Kier molecular flexibility index (Phi) is 6.15. The second-order valence-electron chi connectivity index (χ2n) is 5.80. The number of nitrogens with zero attached hydrogens (tertiary/aromatic N) is 2. The zero-order valence-electron chi connectivity index (χ0n) is 15.3. The SMILES string of the molecule is C=CCN1C(=O)COc2ccc(C(=O)CSc3ncc(C(=O)OCC)[nH]3)cc21. The van der Waals surface area contributed by atoms with Crippen LogP contribution >= 0.6 is 11.8 Å². The van der Waals surface area contributed by atoms with Crippen LogP contribution < -0.4 is 9.64 Å². The van der Waals surface area contributed by atoms with E-state index in [-0.39, 0.29) is 36.4 Å². The first-order chi connectivity index (χ1) is 13.5. The van der Waals surface area contributed by atoms with Gasteiger partial charge >= 0.3 is 5.97 Å². The molecule has 28 heavy (non-hydrogen) atoms. The van der Waals surface area contributed by atoms with E-state index in [1.54, 1.807) is 31.2 Å². The predicted molar refractivity (Wildman–Crippen MR) is 104 cm³/mol. The molecule has 1 aromatic carbocycles. The number of hydrogen-bond acceptors (Lipinski definition) is 7. The van der Waals surface area contributed by atoms with E-state index in [4.69, 9.17) is 9.47 Å². The van der Waals surface area contributed by atoms with Crippen molar-refractivity contribution < 1.29 is 23.9 Å². The maximum atomic E-state index is 12.6. The highest BCUT2D eigenvalue weighted by atomic mass is 32.2. The van der Waals surface area contributed by atoms with Gasteiger partial charge in [-0.1, -0.05) is 17.8 Å². The highest BCUT2D eigenvalue weighted by Crippen LogP contribution is 2.33. The number of imidazole rings is 1. The number of amides is 1. The smallest absolute Gasteiger partial charge is 0.356 e. The molecule has 0 aliphatic carbocycles. The molecular weight excluding hydrogens is 382 g/mol. The maximum Gasteiger partial charge on any atom is 0.356 e. The molecule has 0 unspecified atom stereocenters. The lowest BCUT2D eigenvalue weighted by Crippen LogP contribution is -2.38. The summed E-state index contributed by atoms with van der Waals surface area (Å²) in [5, 5.41) is 0.446. The third kappa shape index (κ3) is 4.25. The number of Topliss-reactive ketones (excluding diaryl/α,β-unsaturated/α-hetero) is 1. The number of nitrogens with one attached hydrogen (secondary N) is 1. The monoisotopic (exact) mass is 401 g/mol. The number of aromatic amines is 1. The van der Waals surface area contributed by atoms with Crippen LogP contribution in [0, 0.1) is 0 Å². The molecule has 2 aromatic rings. The lowest BCUT2D eigenvalue weighted by Gasteiger charge is -2.28. The van der Waals surface area contributed by atoms with Crippen LogP contribution in [0.2, 0.25) is 0 Å². The molecule has 1 aliphatic heterocycles. The number of ether oxygens (including phenoxy) is 2. The minimum Gasteiger partial charge on any atom is -0.482 e. The van der Waals surface area contributed by atoms with Gasteiger partial charge in [-0.3, -0.25) is 9.59 Å². The van der Waals surface area contributed by atoms with Gasteiger partial charge in [0.05, 0.1) is 24.2 Å². The van der Waals surface area contributed by atoms with Crippen LogP contribution in [0.1, 0.15) is 27.8 Å². The fraction of sp³-hybridized carbons (Fsp3) is 0.263. The average molecular weight is 401 g/mol. The third-order valence-corrected chi connectivity index (χ3v) is 4.81. The molecule has 146 valence electrons. The summed E-state index contributed by atoms with van der Waals surface area (Å²) in [6.07, 6.45) is 3.00. The Labute approximate surface area is 165 Å². The van der Waals surface area contributed by atoms with Gasteiger partial charge in [-0.2, -0.15) is 0 Å². The molecular formula is C19H19N3O5S. The third-order valence-electron chi connectivity index (χ3n) is 3.92. The Balaban J connectivity index is 1.69. The lowest BCUT2D eigenvalue weighted by molar-refractivity contribution is -0.121. The number of benzene rings is 1. The number of aromatic nitrogens is 2. The summed E-state index contributed by atoms with van der Waals surface area (Å²) in [7, 11) is 0. The summed E-state index contributed by atoms with van der Waals surface area (Å²) in [5.41, 5.74) is 1.24. The van der Waals surface area contributed by atoms with Gasteiger partial charge in [-0.25, -0.2) is 9.78 Å². The van der Waals surface area contributed by atoms with Gasteiger partial charge in [0.2, 0.25) is 0 Å². The van der Waals surface area contributed by atoms with Crippen LogP contribution in [-0.4, -0.2) is 53.1 Å². The van der Waals surface area contributed by atoms with Gasteiger partial charge in [0.1, 0.15) is 11.4 Å². The number of carbonyl (C=O) groups is 3. The van der Waals surface area contributed by atoms with E-state index >= 15 is 0 Å². The molecule has 0 atom stereocenters. The van der Waals surface area contributed by atoms with Crippen LogP contribution in [0.4, 0.5) is 5.69 Å². The number of rotatable bonds is 8. The average Bonchev–Trinajstić information content (AvgIpc) is 3.17. The number of carbonyl (C=O) groups excluding carboxylic acids is 3. The van der Waals surface area contributed by atoms with Crippen LogP contribution in [0.15, 0.2) is 42.2 Å². The summed E-state index contributed by atoms with van der Waals surface area (Å²) in [6, 6.07) is 4.99. The fourth-order valence-corrected chi connectivity index (χ4v) is 3.35. The first-order valence-electron chi connectivity index (χ1n) is 8.59. The standard InChI is InChI=1S/C19H19N3O5S/c1-3-7-22-14-8-12(5-6-16(14)27-10-17(22)24)15(23)11-28-19-20-9-13(21-19)18(25)26-4-2/h3,5-6,8-9H,1,4,7,10-11H2,2H3,(H,20,21). The van der Waals surface area contributed by atoms with E-state index in [2.05, 4.69) is 16.5 Å². The molecule has 0 saturated heterocycles. The number of thioether (sulfide) groups is 1. The van der Waals surface area contributed by atoms with Crippen molar-refractivity contribution in [1.29, 1.82) is 0 Å². The molecule has 2 heterocycles. The molecule has 1 aromatic heterocycles. The van der Waals surface area contributed by atoms with E-state index in [0.29, 0.717) is 28.7 Å². The molecule has 0 spiro atoms. The predicted octanol–water partition coefficient (Wildman–Crippen LogP) is 2.47. The number of fused-ring (bicyclic) bond motifs is 1. The number of hydrogen-bond donors (Lipinski definition) is 1. The second kappa shape index (κ2) is 8.75. The largest absolute Gasteiger partial charge is 0.482 e. The zero-order valence-corrected chi connectivity index (χ0v) is 16.1. The molecule has 0 bridgehead atoms. The first-order valence-corrected chi connectivity index (χ1v) is 9.58. The molecule has 1 amide bonds. The van der Waals surface area contributed by atoms with Crippen molar-refractivity contribution in [3.63, 3.8) is 0 Å². The van der Waals surface area contributed by atoms with Crippen molar-refractivity contribution >= 4 is 35.1 Å². The van der Waals surface area contributed by atoms with E-state index in [9.17, 15) is 14.4 Å². The Morgan fingerprint density at radius 1 is 1.46 bits per heavy atom. The topological polar surface area (TPSA) is 102 Å². The molecule has 9 heteroatoms. The number of H-pyrrole nitrogens is 1. The summed E-state index contributed by atoms with van der Waals surface area (Å²) in [4.78, 5) is 44.7. The van der Waals surface area contributed by atoms with E-state index in [1.807, 2.05) is 0 Å². The lowest BCUT2D eigenvalue weighted by atomic mass is 10.1. The Bertz CT molecular complexity index is 924.